The second-order valence-electron chi connectivity index (χ2n) is 6.13. The Balaban J connectivity index is 1.80. The molecule has 0 radical (unpaired) electrons. The van der Waals surface area contributed by atoms with Gasteiger partial charge in [-0.15, -0.1) is 0 Å². The number of likely N-dealkylation sites (tertiary alicyclic amines) is 1. The topological polar surface area (TPSA) is 83.6 Å². The number of carboxylic acids is 1. The van der Waals surface area contributed by atoms with Crippen molar-refractivity contribution >= 4 is 11.9 Å². The maximum Gasteiger partial charge on any atom is 0.308 e. The summed E-state index contributed by atoms with van der Waals surface area (Å²) < 4.78 is 5.34. The van der Waals surface area contributed by atoms with E-state index in [1.807, 2.05) is 6.92 Å². The van der Waals surface area contributed by atoms with Crippen LogP contribution in [0.15, 0.2) is 4.52 Å². The van der Waals surface area contributed by atoms with Gasteiger partial charge in [0.25, 0.3) is 5.91 Å². The summed E-state index contributed by atoms with van der Waals surface area (Å²) in [7, 11) is 0. The number of rotatable bonds is 2. The minimum Gasteiger partial charge on any atom is -0.481 e. The van der Waals surface area contributed by atoms with E-state index < -0.39 is 11.9 Å². The summed E-state index contributed by atoms with van der Waals surface area (Å²) in [6.07, 6.45) is 4.91. The molecular formula is C15H20N2O4. The predicted molar refractivity (Wildman–Crippen MR) is 74.0 cm³/mol. The molecule has 2 atom stereocenters. The first-order chi connectivity index (χ1) is 10.1. The lowest BCUT2D eigenvalue weighted by Crippen LogP contribution is -2.30. The van der Waals surface area contributed by atoms with Crippen LogP contribution in [0.4, 0.5) is 0 Å². The summed E-state index contributed by atoms with van der Waals surface area (Å²) in [6, 6.07) is 0. The fourth-order valence-electron chi connectivity index (χ4n) is 3.33. The molecule has 0 aromatic carbocycles. The molecule has 1 aliphatic carbocycles. The number of hydrogen-bond donors (Lipinski definition) is 1. The lowest BCUT2D eigenvalue weighted by Gasteiger charge is -2.14. The van der Waals surface area contributed by atoms with Gasteiger partial charge in [-0.2, -0.15) is 0 Å². The Morgan fingerprint density at radius 1 is 1.24 bits per heavy atom. The average molecular weight is 292 g/mol. The van der Waals surface area contributed by atoms with E-state index in [2.05, 4.69) is 5.16 Å². The van der Waals surface area contributed by atoms with Gasteiger partial charge in [-0.05, 0) is 25.2 Å². The number of hydrogen-bond acceptors (Lipinski definition) is 4. The van der Waals surface area contributed by atoms with Crippen molar-refractivity contribution in [3.63, 3.8) is 0 Å². The molecule has 6 heteroatoms. The Hall–Kier alpha value is -1.85. The number of nitrogens with zero attached hydrogens (tertiary/aromatic N) is 2. The number of aliphatic carboxylic acids is 1. The number of aromatic nitrogens is 1. The van der Waals surface area contributed by atoms with E-state index in [0.717, 1.165) is 43.4 Å². The molecule has 1 aliphatic heterocycles. The van der Waals surface area contributed by atoms with Gasteiger partial charge in [0.15, 0.2) is 5.69 Å². The van der Waals surface area contributed by atoms with E-state index in [9.17, 15) is 14.7 Å². The molecule has 1 fully saturated rings. The molecule has 3 rings (SSSR count). The molecule has 1 amide bonds. The Labute approximate surface area is 123 Å². The van der Waals surface area contributed by atoms with Crippen LogP contribution in [0.2, 0.25) is 0 Å². The smallest absolute Gasteiger partial charge is 0.308 e. The molecular weight excluding hydrogens is 272 g/mol. The molecule has 1 saturated heterocycles. The number of aryl methyl sites for hydroxylation is 1. The highest BCUT2D eigenvalue weighted by atomic mass is 16.5. The van der Waals surface area contributed by atoms with E-state index in [-0.39, 0.29) is 18.4 Å². The van der Waals surface area contributed by atoms with Crippen molar-refractivity contribution in [2.75, 3.05) is 13.1 Å². The van der Waals surface area contributed by atoms with Crippen LogP contribution in [0, 0.1) is 11.8 Å². The average Bonchev–Trinajstić information content (AvgIpc) is 2.95. The highest BCUT2D eigenvalue weighted by Crippen LogP contribution is 2.28. The van der Waals surface area contributed by atoms with Gasteiger partial charge in [-0.1, -0.05) is 18.5 Å². The lowest BCUT2D eigenvalue weighted by molar-refractivity contribution is -0.142. The van der Waals surface area contributed by atoms with Crippen molar-refractivity contribution in [1.82, 2.24) is 10.1 Å². The van der Waals surface area contributed by atoms with E-state index >= 15 is 0 Å². The lowest BCUT2D eigenvalue weighted by atomic mass is 9.99. The van der Waals surface area contributed by atoms with Gasteiger partial charge in [0.05, 0.1) is 5.92 Å². The summed E-state index contributed by atoms with van der Waals surface area (Å²) in [4.78, 5) is 25.4. The van der Waals surface area contributed by atoms with Gasteiger partial charge in [0.2, 0.25) is 0 Å². The Morgan fingerprint density at radius 3 is 2.71 bits per heavy atom. The SMILES string of the molecule is C[C@@H]1CN(C(=O)c2noc3c2CCCCC3)C[C@H]1C(=O)O. The van der Waals surface area contributed by atoms with Gasteiger partial charge in [0, 0.05) is 25.1 Å². The Kier molecular flexibility index (Phi) is 3.69. The van der Waals surface area contributed by atoms with Gasteiger partial charge in [-0.25, -0.2) is 0 Å². The minimum atomic E-state index is -0.836. The van der Waals surface area contributed by atoms with Crippen molar-refractivity contribution in [2.24, 2.45) is 11.8 Å². The van der Waals surface area contributed by atoms with E-state index in [4.69, 9.17) is 4.52 Å². The van der Waals surface area contributed by atoms with Crippen LogP contribution < -0.4 is 0 Å². The predicted octanol–water partition coefficient (Wildman–Crippen LogP) is 1.74. The van der Waals surface area contributed by atoms with Gasteiger partial charge >= 0.3 is 5.97 Å². The van der Waals surface area contributed by atoms with Crippen molar-refractivity contribution in [2.45, 2.75) is 39.0 Å². The van der Waals surface area contributed by atoms with Crippen LogP contribution in [0.1, 0.15) is 48.0 Å². The third kappa shape index (κ3) is 2.54. The summed E-state index contributed by atoms with van der Waals surface area (Å²) in [6.45, 7) is 2.60. The molecule has 2 aliphatic rings. The van der Waals surface area contributed by atoms with Crippen molar-refractivity contribution in [1.29, 1.82) is 0 Å². The number of carbonyl (C=O) groups is 2. The number of fused-ring (bicyclic) bond motifs is 1. The fraction of sp³-hybridized carbons (Fsp3) is 0.667. The summed E-state index contributed by atoms with van der Waals surface area (Å²) in [5.74, 6) is -0.705. The van der Waals surface area contributed by atoms with Crippen LogP contribution >= 0.6 is 0 Å². The van der Waals surface area contributed by atoms with Crippen LogP contribution in [-0.2, 0) is 17.6 Å². The Morgan fingerprint density at radius 2 is 2.00 bits per heavy atom. The second-order valence-corrected chi connectivity index (χ2v) is 6.13. The molecule has 0 bridgehead atoms. The second kappa shape index (κ2) is 5.50. The Bertz CT molecular complexity index is 566. The molecule has 1 aromatic rings. The third-order valence-corrected chi connectivity index (χ3v) is 4.62. The highest BCUT2D eigenvalue weighted by molar-refractivity contribution is 5.94. The largest absolute Gasteiger partial charge is 0.481 e. The van der Waals surface area contributed by atoms with E-state index in [1.54, 1.807) is 4.90 Å². The van der Waals surface area contributed by atoms with Crippen LogP contribution in [0.5, 0.6) is 0 Å². The summed E-state index contributed by atoms with van der Waals surface area (Å²) in [5, 5.41) is 13.1. The molecule has 0 unspecified atom stereocenters. The van der Waals surface area contributed by atoms with Crippen molar-refractivity contribution in [3.8, 4) is 0 Å². The van der Waals surface area contributed by atoms with E-state index in [1.165, 1.54) is 0 Å². The fourth-order valence-corrected chi connectivity index (χ4v) is 3.33. The van der Waals surface area contributed by atoms with Gasteiger partial charge in [-0.3, -0.25) is 9.59 Å². The monoisotopic (exact) mass is 292 g/mol. The number of carboxylic acid groups (broad SMARTS) is 1. The number of carbonyl (C=O) groups excluding carboxylic acids is 1. The zero-order valence-corrected chi connectivity index (χ0v) is 12.2. The standard InChI is InChI=1S/C15H20N2O4/c1-9-7-17(8-11(9)15(19)20)14(18)13-10-5-3-2-4-6-12(10)21-16-13/h9,11H,2-8H2,1H3,(H,19,20)/t9-,11-/m1/s1. The maximum atomic E-state index is 12.6. The molecule has 0 saturated carbocycles. The normalized spacial score (nSPS) is 25.5. The zero-order chi connectivity index (χ0) is 15.0. The molecule has 21 heavy (non-hydrogen) atoms. The summed E-state index contributed by atoms with van der Waals surface area (Å²) >= 11 is 0. The number of amides is 1. The molecule has 0 spiro atoms. The van der Waals surface area contributed by atoms with Gasteiger partial charge < -0.3 is 14.5 Å². The first-order valence-corrected chi connectivity index (χ1v) is 7.57. The van der Waals surface area contributed by atoms with E-state index in [0.29, 0.717) is 12.2 Å². The van der Waals surface area contributed by atoms with Crippen LogP contribution in [-0.4, -0.2) is 40.1 Å². The first kappa shape index (κ1) is 14.1. The molecule has 6 nitrogen and oxygen atoms in total. The van der Waals surface area contributed by atoms with Gasteiger partial charge in [0.1, 0.15) is 5.76 Å². The molecule has 114 valence electrons. The van der Waals surface area contributed by atoms with Crippen molar-refractivity contribution < 1.29 is 19.2 Å². The molecule has 1 aromatic heterocycles. The van der Waals surface area contributed by atoms with Crippen LogP contribution in [0.3, 0.4) is 0 Å². The third-order valence-electron chi connectivity index (χ3n) is 4.62. The van der Waals surface area contributed by atoms with Crippen LogP contribution in [0.25, 0.3) is 0 Å². The quantitative estimate of drug-likeness (QED) is 0.839. The zero-order valence-electron chi connectivity index (χ0n) is 12.2. The molecule has 2 heterocycles. The summed E-state index contributed by atoms with van der Waals surface area (Å²) in [5.41, 5.74) is 1.33. The highest BCUT2D eigenvalue weighted by Gasteiger charge is 2.39. The minimum absolute atomic E-state index is 0.0306. The van der Waals surface area contributed by atoms with Crippen molar-refractivity contribution in [3.05, 3.63) is 17.0 Å². The first-order valence-electron chi connectivity index (χ1n) is 7.57. The molecule has 1 N–H and O–H groups in total. The maximum absolute atomic E-state index is 12.6.